The first kappa shape index (κ1) is 13.4. The molecular formula is C15H23NO2. The van der Waals surface area contributed by atoms with Crippen LogP contribution in [0.2, 0.25) is 0 Å². The number of hydrogen-bond acceptors (Lipinski definition) is 3. The van der Waals surface area contributed by atoms with Gasteiger partial charge < -0.3 is 15.1 Å². The van der Waals surface area contributed by atoms with Gasteiger partial charge in [-0.15, -0.1) is 0 Å². The van der Waals surface area contributed by atoms with Crippen molar-refractivity contribution in [3.05, 3.63) is 29.8 Å². The number of hydrogen-bond donors (Lipinski definition) is 2. The van der Waals surface area contributed by atoms with Crippen molar-refractivity contribution in [3.8, 4) is 5.75 Å². The van der Waals surface area contributed by atoms with Crippen LogP contribution in [-0.2, 0) is 5.60 Å². The summed E-state index contributed by atoms with van der Waals surface area (Å²) in [6, 6.07) is 7.09. The van der Waals surface area contributed by atoms with E-state index < -0.39 is 5.60 Å². The van der Waals surface area contributed by atoms with Crippen molar-refractivity contribution in [3.63, 3.8) is 0 Å². The van der Waals surface area contributed by atoms with Crippen LogP contribution in [0.5, 0.6) is 5.75 Å². The second-order valence-corrected chi connectivity index (χ2v) is 5.68. The monoisotopic (exact) mass is 249 g/mol. The summed E-state index contributed by atoms with van der Waals surface area (Å²) in [6.45, 7) is 0.881. The molecule has 1 aromatic carbocycles. The highest BCUT2D eigenvalue weighted by Gasteiger charge is 2.40. The molecule has 0 saturated heterocycles. The molecule has 1 fully saturated rings. The molecule has 2 N–H and O–H groups in total. The molecule has 1 aliphatic rings. The summed E-state index contributed by atoms with van der Waals surface area (Å²) >= 11 is 0. The van der Waals surface area contributed by atoms with Crippen molar-refractivity contribution in [2.24, 2.45) is 5.92 Å². The number of aliphatic hydroxyl groups is 1. The summed E-state index contributed by atoms with van der Waals surface area (Å²) in [4.78, 5) is 2.13. The largest absolute Gasteiger partial charge is 0.508 e. The fourth-order valence-electron chi connectivity index (χ4n) is 3.07. The van der Waals surface area contributed by atoms with E-state index in [2.05, 4.69) is 4.90 Å². The predicted molar refractivity (Wildman–Crippen MR) is 72.5 cm³/mol. The maximum atomic E-state index is 11.0. The molecule has 1 saturated carbocycles. The molecule has 0 spiro atoms. The Labute approximate surface area is 109 Å². The van der Waals surface area contributed by atoms with Crippen LogP contribution in [0.4, 0.5) is 0 Å². The third kappa shape index (κ3) is 2.68. The zero-order valence-electron chi connectivity index (χ0n) is 11.3. The van der Waals surface area contributed by atoms with Crippen molar-refractivity contribution in [2.75, 3.05) is 20.6 Å². The Kier molecular flexibility index (Phi) is 3.93. The maximum Gasteiger partial charge on any atom is 0.115 e. The van der Waals surface area contributed by atoms with Crippen molar-refractivity contribution in [2.45, 2.75) is 31.3 Å². The van der Waals surface area contributed by atoms with Gasteiger partial charge in [0.1, 0.15) is 5.75 Å². The van der Waals surface area contributed by atoms with Crippen LogP contribution in [0, 0.1) is 5.92 Å². The second kappa shape index (κ2) is 5.29. The second-order valence-electron chi connectivity index (χ2n) is 5.68. The van der Waals surface area contributed by atoms with E-state index in [1.807, 2.05) is 26.2 Å². The quantitative estimate of drug-likeness (QED) is 0.864. The van der Waals surface area contributed by atoms with Gasteiger partial charge in [0, 0.05) is 12.5 Å². The highest BCUT2D eigenvalue weighted by Crippen LogP contribution is 2.42. The van der Waals surface area contributed by atoms with E-state index in [1.165, 1.54) is 6.42 Å². The maximum absolute atomic E-state index is 11.0. The lowest BCUT2D eigenvalue weighted by Gasteiger charge is -2.41. The number of phenols is 1. The standard InChI is InChI=1S/C15H23NO2/c1-16(2)11-13-6-3-4-9-15(13,18)12-7-5-8-14(17)10-12/h5,7-8,10,13,17-18H,3-4,6,9,11H2,1-2H3/t13?,15-/m1/s1. The Morgan fingerprint density at radius 1 is 1.33 bits per heavy atom. The number of aromatic hydroxyl groups is 1. The molecule has 3 heteroatoms. The van der Waals surface area contributed by atoms with Gasteiger partial charge in [0.2, 0.25) is 0 Å². The normalized spacial score (nSPS) is 28.6. The first-order chi connectivity index (χ1) is 8.52. The van der Waals surface area contributed by atoms with E-state index in [1.54, 1.807) is 12.1 Å². The Balaban J connectivity index is 2.29. The van der Waals surface area contributed by atoms with Crippen LogP contribution in [-0.4, -0.2) is 35.8 Å². The molecule has 0 bridgehead atoms. The minimum absolute atomic E-state index is 0.232. The summed E-state index contributed by atoms with van der Waals surface area (Å²) in [5.74, 6) is 0.471. The van der Waals surface area contributed by atoms with E-state index in [9.17, 15) is 10.2 Å². The van der Waals surface area contributed by atoms with Crippen molar-refractivity contribution < 1.29 is 10.2 Å². The topological polar surface area (TPSA) is 43.7 Å². The van der Waals surface area contributed by atoms with Gasteiger partial charge in [-0.05, 0) is 44.6 Å². The third-order valence-corrected chi connectivity index (χ3v) is 3.97. The van der Waals surface area contributed by atoms with Crippen LogP contribution in [0.25, 0.3) is 0 Å². The van der Waals surface area contributed by atoms with E-state index in [-0.39, 0.29) is 11.7 Å². The lowest BCUT2D eigenvalue weighted by atomic mass is 9.71. The Hall–Kier alpha value is -1.06. The van der Waals surface area contributed by atoms with Crippen molar-refractivity contribution >= 4 is 0 Å². The summed E-state index contributed by atoms with van der Waals surface area (Å²) in [5.41, 5.74) is 0.0652. The molecule has 18 heavy (non-hydrogen) atoms. The molecule has 0 radical (unpaired) electrons. The van der Waals surface area contributed by atoms with E-state index in [4.69, 9.17) is 0 Å². The van der Waals surface area contributed by atoms with E-state index in [0.717, 1.165) is 31.4 Å². The van der Waals surface area contributed by atoms with Gasteiger partial charge in [-0.3, -0.25) is 0 Å². The number of rotatable bonds is 3. The minimum atomic E-state index is -0.790. The van der Waals surface area contributed by atoms with Gasteiger partial charge in [0.05, 0.1) is 5.60 Å². The predicted octanol–water partition coefficient (Wildman–Crippen LogP) is 2.33. The van der Waals surface area contributed by atoms with Crippen molar-refractivity contribution in [1.82, 2.24) is 4.90 Å². The van der Waals surface area contributed by atoms with Crippen LogP contribution in [0.15, 0.2) is 24.3 Å². The number of benzene rings is 1. The minimum Gasteiger partial charge on any atom is -0.508 e. The average Bonchev–Trinajstić information content (AvgIpc) is 2.32. The zero-order chi connectivity index (χ0) is 13.2. The van der Waals surface area contributed by atoms with Gasteiger partial charge in [-0.25, -0.2) is 0 Å². The zero-order valence-corrected chi connectivity index (χ0v) is 11.3. The van der Waals surface area contributed by atoms with E-state index in [0.29, 0.717) is 0 Å². The highest BCUT2D eigenvalue weighted by molar-refractivity contribution is 5.32. The van der Waals surface area contributed by atoms with Crippen molar-refractivity contribution in [1.29, 1.82) is 0 Å². The fourth-order valence-corrected chi connectivity index (χ4v) is 3.07. The summed E-state index contributed by atoms with van der Waals surface area (Å²) in [7, 11) is 4.08. The third-order valence-electron chi connectivity index (χ3n) is 3.97. The molecule has 3 nitrogen and oxygen atoms in total. The van der Waals surface area contributed by atoms with Gasteiger partial charge in [-0.2, -0.15) is 0 Å². The molecule has 0 heterocycles. The lowest BCUT2D eigenvalue weighted by molar-refractivity contribution is -0.0619. The number of nitrogens with zero attached hydrogens (tertiary/aromatic N) is 1. The summed E-state index contributed by atoms with van der Waals surface area (Å²) in [5, 5.41) is 20.6. The molecule has 1 unspecified atom stereocenters. The molecule has 1 aromatic rings. The van der Waals surface area contributed by atoms with Crippen LogP contribution < -0.4 is 0 Å². The molecule has 2 rings (SSSR count). The van der Waals surface area contributed by atoms with Crippen LogP contribution in [0.1, 0.15) is 31.2 Å². The molecule has 100 valence electrons. The first-order valence-electron chi connectivity index (χ1n) is 6.69. The first-order valence-corrected chi connectivity index (χ1v) is 6.69. The molecule has 1 aliphatic carbocycles. The van der Waals surface area contributed by atoms with Crippen LogP contribution in [0.3, 0.4) is 0 Å². The molecular weight excluding hydrogens is 226 g/mol. The van der Waals surface area contributed by atoms with E-state index >= 15 is 0 Å². The summed E-state index contributed by atoms with van der Waals surface area (Å²) in [6.07, 6.45) is 4.06. The SMILES string of the molecule is CN(C)CC1CCCC[C@@]1(O)c1cccc(O)c1. The molecule has 2 atom stereocenters. The van der Waals surface area contributed by atoms with Gasteiger partial charge in [0.25, 0.3) is 0 Å². The van der Waals surface area contributed by atoms with Crippen LogP contribution >= 0.6 is 0 Å². The fraction of sp³-hybridized carbons (Fsp3) is 0.600. The molecule has 0 aromatic heterocycles. The highest BCUT2D eigenvalue weighted by atomic mass is 16.3. The molecule has 0 amide bonds. The lowest BCUT2D eigenvalue weighted by Crippen LogP contribution is -2.43. The van der Waals surface area contributed by atoms with Gasteiger partial charge in [0.15, 0.2) is 0 Å². The average molecular weight is 249 g/mol. The molecule has 0 aliphatic heterocycles. The van der Waals surface area contributed by atoms with Gasteiger partial charge >= 0.3 is 0 Å². The number of phenolic OH excluding ortho intramolecular Hbond substituents is 1. The summed E-state index contributed by atoms with van der Waals surface area (Å²) < 4.78 is 0. The van der Waals surface area contributed by atoms with Gasteiger partial charge in [-0.1, -0.05) is 25.0 Å². The smallest absolute Gasteiger partial charge is 0.115 e. The Morgan fingerprint density at radius 2 is 2.11 bits per heavy atom. The Bertz CT molecular complexity index is 405. The Morgan fingerprint density at radius 3 is 2.78 bits per heavy atom.